The Morgan fingerprint density at radius 2 is 1.72 bits per heavy atom. The minimum absolute atomic E-state index is 0.0520. The van der Waals surface area contributed by atoms with Crippen molar-refractivity contribution in [3.05, 3.63) is 76.1 Å². The van der Waals surface area contributed by atoms with Gasteiger partial charge in [0.05, 0.1) is 40.2 Å². The van der Waals surface area contributed by atoms with E-state index in [-0.39, 0.29) is 23.3 Å². The number of hydrogen-bond donors (Lipinski definition) is 3. The number of amides is 2. The first kappa shape index (κ1) is 33.2. The zero-order valence-corrected chi connectivity index (χ0v) is 27.5. The van der Waals surface area contributed by atoms with E-state index in [2.05, 4.69) is 20.5 Å². The van der Waals surface area contributed by atoms with Crippen LogP contribution in [-0.2, 0) is 22.6 Å². The number of nitrogens with zero attached hydrogens (tertiary/aromatic N) is 1. The summed E-state index contributed by atoms with van der Waals surface area (Å²) in [6, 6.07) is 14.7. The summed E-state index contributed by atoms with van der Waals surface area (Å²) in [5.74, 6) is 2.05. The number of rotatable bonds is 13. The van der Waals surface area contributed by atoms with E-state index < -0.39 is 0 Å². The first-order valence-electron chi connectivity index (χ1n) is 15.7. The van der Waals surface area contributed by atoms with Crippen molar-refractivity contribution >= 4 is 28.4 Å². The van der Waals surface area contributed by atoms with Gasteiger partial charge in [-0.25, -0.2) is 0 Å². The van der Waals surface area contributed by atoms with Crippen LogP contribution in [0.25, 0.3) is 22.0 Å². The lowest BCUT2D eigenvalue weighted by molar-refractivity contribution is -0.121. The molecular weight excluding hydrogens is 600 g/mol. The number of ether oxygens (including phenoxy) is 4. The van der Waals surface area contributed by atoms with Crippen LogP contribution >= 0.6 is 0 Å². The molecule has 0 saturated heterocycles. The maximum atomic E-state index is 13.5. The molecule has 1 aromatic heterocycles. The summed E-state index contributed by atoms with van der Waals surface area (Å²) < 4.78 is 24.5. The van der Waals surface area contributed by atoms with Crippen molar-refractivity contribution < 1.29 is 28.5 Å². The van der Waals surface area contributed by atoms with Crippen LogP contribution in [0, 0.1) is 0 Å². The molecule has 0 bridgehead atoms. The molecule has 47 heavy (non-hydrogen) atoms. The van der Waals surface area contributed by atoms with Crippen molar-refractivity contribution in [2.75, 3.05) is 46.8 Å². The lowest BCUT2D eigenvalue weighted by Crippen LogP contribution is -2.27. The van der Waals surface area contributed by atoms with Crippen LogP contribution in [0.15, 0.2) is 59.5 Å². The average Bonchev–Trinajstić information content (AvgIpc) is 3.32. The minimum Gasteiger partial charge on any atom is -0.497 e. The number of carbonyl (C=O) groups is 2. The number of aromatic nitrogens is 1. The van der Waals surface area contributed by atoms with Gasteiger partial charge in [0.25, 0.3) is 0 Å². The Labute approximate surface area is 274 Å². The van der Waals surface area contributed by atoms with Crippen LogP contribution in [0.3, 0.4) is 0 Å². The molecule has 3 N–H and O–H groups in total. The molecule has 11 nitrogen and oxygen atoms in total. The summed E-state index contributed by atoms with van der Waals surface area (Å²) in [6.07, 6.45) is 4.05. The number of carbonyl (C=O) groups excluding carboxylic acids is 2. The molecular formula is C36H42N4O7. The number of anilines is 1. The molecule has 0 fully saturated rings. The Hall–Kier alpha value is -5.19. The molecule has 4 aromatic rings. The van der Waals surface area contributed by atoms with E-state index in [1.54, 1.807) is 40.6 Å². The average molecular weight is 643 g/mol. The van der Waals surface area contributed by atoms with Gasteiger partial charge in [0.15, 0.2) is 11.5 Å². The second-order valence-corrected chi connectivity index (χ2v) is 11.4. The van der Waals surface area contributed by atoms with E-state index in [0.29, 0.717) is 73.8 Å². The third kappa shape index (κ3) is 7.29. The molecule has 1 aliphatic rings. The quantitative estimate of drug-likeness (QED) is 0.177. The van der Waals surface area contributed by atoms with Gasteiger partial charge in [-0.3, -0.25) is 14.4 Å². The fourth-order valence-electron chi connectivity index (χ4n) is 6.23. The molecule has 1 atom stereocenters. The van der Waals surface area contributed by atoms with Crippen molar-refractivity contribution in [3.8, 4) is 34.1 Å². The molecule has 1 aliphatic carbocycles. The van der Waals surface area contributed by atoms with Crippen LogP contribution < -0.4 is 40.3 Å². The summed E-state index contributed by atoms with van der Waals surface area (Å²) in [6.45, 7) is 3.05. The highest BCUT2D eigenvalue weighted by molar-refractivity contribution is 5.84. The molecule has 0 unspecified atom stereocenters. The second kappa shape index (κ2) is 14.9. The third-order valence-corrected chi connectivity index (χ3v) is 8.47. The number of methoxy groups -OCH3 is 4. The number of hydrogen-bond acceptors (Lipinski definition) is 8. The van der Waals surface area contributed by atoms with Gasteiger partial charge in [-0.1, -0.05) is 6.07 Å². The van der Waals surface area contributed by atoms with Crippen LogP contribution in [0.1, 0.15) is 43.4 Å². The summed E-state index contributed by atoms with van der Waals surface area (Å²) >= 11 is 0. The normalized spacial score (nSPS) is 13.5. The molecule has 248 valence electrons. The molecule has 0 radical (unpaired) electrons. The molecule has 5 rings (SSSR count). The third-order valence-electron chi connectivity index (χ3n) is 8.47. The topological polar surface area (TPSA) is 129 Å². The summed E-state index contributed by atoms with van der Waals surface area (Å²) in [7, 11) is 6.34. The highest BCUT2D eigenvalue weighted by Crippen LogP contribution is 2.50. The van der Waals surface area contributed by atoms with Gasteiger partial charge >= 0.3 is 0 Å². The zero-order valence-electron chi connectivity index (χ0n) is 27.5. The monoisotopic (exact) mass is 642 g/mol. The first-order valence-corrected chi connectivity index (χ1v) is 15.7. The van der Waals surface area contributed by atoms with Gasteiger partial charge in [0.1, 0.15) is 5.75 Å². The number of aryl methyl sites for hydroxylation is 1. The molecule has 2 amide bonds. The van der Waals surface area contributed by atoms with Crippen LogP contribution in [0.2, 0.25) is 0 Å². The Morgan fingerprint density at radius 3 is 2.45 bits per heavy atom. The van der Waals surface area contributed by atoms with E-state index in [4.69, 9.17) is 18.9 Å². The second-order valence-electron chi connectivity index (χ2n) is 11.4. The minimum atomic E-state index is -0.388. The standard InChI is InChI=1S/C36H42N4O7/c1-22(41)39-28-11-8-24-20-32(45-3)35(46-4)36(47-5)34(24)26-10-12-29(31(42)21-27(26)28)37-15-6-7-33(43)38-16-18-40-17-14-23-19-25(44-2)9-13-30(23)40/h9-10,12-14,17,19-21,28H,6-8,11,15-16,18H2,1-5H3,(H,37,42)(H,38,43)(H,39,41)/t28-/m0/s1. The SMILES string of the molecule is COc1ccc2c(ccn2CCNC(=O)CCCNc2ccc3c(cc2=O)[C@@H](NC(C)=O)CCc2cc(OC)c(OC)c(OC)c2-3)c1. The Bertz CT molecular complexity index is 1830. The van der Waals surface area contributed by atoms with Gasteiger partial charge in [0.2, 0.25) is 23.0 Å². The summed E-state index contributed by atoms with van der Waals surface area (Å²) in [5, 5.41) is 10.3. The van der Waals surface area contributed by atoms with Crippen LogP contribution in [0.4, 0.5) is 5.69 Å². The molecule has 0 aliphatic heterocycles. The van der Waals surface area contributed by atoms with Gasteiger partial charge < -0.3 is 39.5 Å². The van der Waals surface area contributed by atoms with Gasteiger partial charge in [-0.15, -0.1) is 0 Å². The van der Waals surface area contributed by atoms with Crippen molar-refractivity contribution in [2.24, 2.45) is 0 Å². The van der Waals surface area contributed by atoms with Gasteiger partial charge in [-0.05, 0) is 78.4 Å². The summed E-state index contributed by atoms with van der Waals surface area (Å²) in [5.41, 5.74) is 4.46. The largest absolute Gasteiger partial charge is 0.497 e. The van der Waals surface area contributed by atoms with E-state index in [9.17, 15) is 14.4 Å². The summed E-state index contributed by atoms with van der Waals surface area (Å²) in [4.78, 5) is 38.2. The molecule has 1 heterocycles. The Morgan fingerprint density at radius 1 is 0.915 bits per heavy atom. The van der Waals surface area contributed by atoms with E-state index >= 15 is 0 Å². The predicted octanol–water partition coefficient (Wildman–Crippen LogP) is 4.83. The lowest BCUT2D eigenvalue weighted by atomic mass is 9.95. The highest BCUT2D eigenvalue weighted by Gasteiger charge is 2.29. The Kier molecular flexibility index (Phi) is 10.5. The van der Waals surface area contributed by atoms with E-state index in [1.165, 1.54) is 6.92 Å². The smallest absolute Gasteiger partial charge is 0.220 e. The molecule has 3 aromatic carbocycles. The van der Waals surface area contributed by atoms with Crippen molar-refractivity contribution in [3.63, 3.8) is 0 Å². The van der Waals surface area contributed by atoms with Crippen LogP contribution in [0.5, 0.6) is 23.0 Å². The zero-order chi connectivity index (χ0) is 33.5. The fraction of sp³-hybridized carbons (Fsp3) is 0.361. The number of fused-ring (bicyclic) bond motifs is 4. The number of benzene rings is 2. The maximum absolute atomic E-state index is 13.5. The van der Waals surface area contributed by atoms with Gasteiger partial charge in [0, 0.05) is 55.6 Å². The first-order chi connectivity index (χ1) is 22.8. The fourth-order valence-corrected chi connectivity index (χ4v) is 6.23. The predicted molar refractivity (Wildman–Crippen MR) is 182 cm³/mol. The Balaban J connectivity index is 1.27. The van der Waals surface area contributed by atoms with Crippen molar-refractivity contribution in [1.29, 1.82) is 0 Å². The van der Waals surface area contributed by atoms with Gasteiger partial charge in [-0.2, -0.15) is 0 Å². The maximum Gasteiger partial charge on any atom is 0.220 e. The number of nitrogens with one attached hydrogen (secondary N) is 3. The van der Waals surface area contributed by atoms with E-state index in [1.807, 2.05) is 42.6 Å². The molecule has 0 spiro atoms. The molecule has 0 saturated carbocycles. The van der Waals surface area contributed by atoms with Crippen molar-refractivity contribution in [2.45, 2.75) is 45.2 Å². The van der Waals surface area contributed by atoms with E-state index in [0.717, 1.165) is 33.3 Å². The lowest BCUT2D eigenvalue weighted by Gasteiger charge is -2.19. The van der Waals surface area contributed by atoms with Crippen molar-refractivity contribution in [1.82, 2.24) is 15.2 Å². The van der Waals surface area contributed by atoms with Crippen LogP contribution in [-0.4, -0.2) is 57.9 Å². The molecule has 11 heteroatoms. The highest BCUT2D eigenvalue weighted by atomic mass is 16.5.